The van der Waals surface area contributed by atoms with Gasteiger partial charge in [-0.15, -0.1) is 11.8 Å². The molecule has 5 heteroatoms. The van der Waals surface area contributed by atoms with Gasteiger partial charge in [0.05, 0.1) is 0 Å². The van der Waals surface area contributed by atoms with Crippen LogP contribution in [-0.2, 0) is 0 Å². The number of hydrogen-bond acceptors (Lipinski definition) is 4. The molecule has 0 saturated carbocycles. The van der Waals surface area contributed by atoms with E-state index < -0.39 is 0 Å². The maximum atomic E-state index is 11.7. The van der Waals surface area contributed by atoms with E-state index in [-0.39, 0.29) is 12.5 Å². The molecule has 0 fully saturated rings. The smallest absolute Gasteiger partial charge is 0.271 e. The molecule has 4 nitrogen and oxygen atoms in total. The van der Waals surface area contributed by atoms with Gasteiger partial charge < -0.3 is 10.0 Å². The van der Waals surface area contributed by atoms with E-state index in [9.17, 15) is 4.79 Å². The summed E-state index contributed by atoms with van der Waals surface area (Å²) < 4.78 is 0. The monoisotopic (exact) mass is 254 g/mol. The van der Waals surface area contributed by atoms with E-state index in [1.54, 1.807) is 38.1 Å². The average molecular weight is 254 g/mol. The van der Waals surface area contributed by atoms with Crippen molar-refractivity contribution in [3.63, 3.8) is 0 Å². The molecule has 1 atom stereocenters. The first-order valence-corrected chi connectivity index (χ1v) is 6.37. The van der Waals surface area contributed by atoms with Crippen LogP contribution in [0, 0.1) is 0 Å². The van der Waals surface area contributed by atoms with Crippen molar-refractivity contribution in [3.05, 3.63) is 24.0 Å². The molecule has 0 saturated heterocycles. The van der Waals surface area contributed by atoms with Gasteiger partial charge in [-0.25, -0.2) is 0 Å². The Kier molecular flexibility index (Phi) is 5.44. The molecular weight excluding hydrogens is 236 g/mol. The van der Waals surface area contributed by atoms with Crippen molar-refractivity contribution in [1.29, 1.82) is 0 Å². The SMILES string of the molecule is CC(CCO)Sc1ccnc(C(=O)N(C)C)c1. The first kappa shape index (κ1) is 14.0. The van der Waals surface area contributed by atoms with Crippen molar-refractivity contribution < 1.29 is 9.90 Å². The highest BCUT2D eigenvalue weighted by Gasteiger charge is 2.11. The van der Waals surface area contributed by atoms with E-state index in [0.29, 0.717) is 10.9 Å². The normalized spacial score (nSPS) is 12.2. The van der Waals surface area contributed by atoms with E-state index in [2.05, 4.69) is 11.9 Å². The molecule has 0 radical (unpaired) electrons. The van der Waals surface area contributed by atoms with Gasteiger partial charge in [0, 0.05) is 37.0 Å². The lowest BCUT2D eigenvalue weighted by Gasteiger charge is -2.12. The number of pyridine rings is 1. The van der Waals surface area contributed by atoms with Crippen LogP contribution in [-0.4, -0.2) is 46.8 Å². The lowest BCUT2D eigenvalue weighted by molar-refractivity contribution is 0.0821. The van der Waals surface area contributed by atoms with E-state index in [0.717, 1.165) is 11.3 Å². The van der Waals surface area contributed by atoms with Crippen LogP contribution < -0.4 is 0 Å². The summed E-state index contributed by atoms with van der Waals surface area (Å²) in [5.41, 5.74) is 0.455. The Bertz CT molecular complexity index is 383. The van der Waals surface area contributed by atoms with Crippen molar-refractivity contribution >= 4 is 17.7 Å². The van der Waals surface area contributed by atoms with Gasteiger partial charge in [-0.05, 0) is 18.6 Å². The number of aliphatic hydroxyl groups is 1. The number of aliphatic hydroxyl groups excluding tert-OH is 1. The summed E-state index contributed by atoms with van der Waals surface area (Å²) in [6, 6.07) is 3.67. The van der Waals surface area contributed by atoms with E-state index in [1.807, 2.05) is 6.07 Å². The predicted octanol–water partition coefficient (Wildman–Crippen LogP) is 1.65. The zero-order valence-electron chi connectivity index (χ0n) is 10.4. The van der Waals surface area contributed by atoms with Crippen LogP contribution in [0.4, 0.5) is 0 Å². The van der Waals surface area contributed by atoms with Gasteiger partial charge in [-0.1, -0.05) is 6.92 Å². The summed E-state index contributed by atoms with van der Waals surface area (Å²) in [7, 11) is 3.41. The Morgan fingerprint density at radius 2 is 2.29 bits per heavy atom. The molecule has 1 N–H and O–H groups in total. The summed E-state index contributed by atoms with van der Waals surface area (Å²) in [5, 5.41) is 9.17. The number of amides is 1. The Labute approximate surface area is 106 Å². The second kappa shape index (κ2) is 6.61. The number of carbonyl (C=O) groups excluding carboxylic acids is 1. The quantitative estimate of drug-likeness (QED) is 0.812. The second-order valence-corrected chi connectivity index (χ2v) is 5.53. The highest BCUT2D eigenvalue weighted by atomic mass is 32.2. The average Bonchev–Trinajstić information content (AvgIpc) is 2.28. The van der Waals surface area contributed by atoms with Gasteiger partial charge >= 0.3 is 0 Å². The zero-order chi connectivity index (χ0) is 12.8. The molecule has 1 unspecified atom stereocenters. The Balaban J connectivity index is 2.75. The van der Waals surface area contributed by atoms with E-state index in [4.69, 9.17) is 5.11 Å². The molecule has 17 heavy (non-hydrogen) atoms. The number of hydrogen-bond donors (Lipinski definition) is 1. The summed E-state index contributed by atoms with van der Waals surface area (Å²) in [6.07, 6.45) is 2.38. The molecule has 0 aromatic carbocycles. The lowest BCUT2D eigenvalue weighted by atomic mass is 10.3. The summed E-state index contributed by atoms with van der Waals surface area (Å²) in [6.45, 7) is 2.23. The lowest BCUT2D eigenvalue weighted by Crippen LogP contribution is -2.22. The van der Waals surface area contributed by atoms with E-state index in [1.165, 1.54) is 4.90 Å². The Hall–Kier alpha value is -1.07. The Morgan fingerprint density at radius 3 is 2.88 bits per heavy atom. The maximum Gasteiger partial charge on any atom is 0.271 e. The molecule has 1 aromatic heterocycles. The van der Waals surface area contributed by atoms with E-state index >= 15 is 0 Å². The van der Waals surface area contributed by atoms with Gasteiger partial charge in [0.25, 0.3) is 5.91 Å². The molecule has 0 bridgehead atoms. The third-order valence-corrected chi connectivity index (χ3v) is 3.39. The van der Waals surface area contributed by atoms with Crippen molar-refractivity contribution in [2.75, 3.05) is 20.7 Å². The van der Waals surface area contributed by atoms with Gasteiger partial charge in [-0.2, -0.15) is 0 Å². The third-order valence-electron chi connectivity index (χ3n) is 2.23. The molecule has 1 amide bonds. The van der Waals surface area contributed by atoms with Crippen LogP contribution in [0.2, 0.25) is 0 Å². The summed E-state index contributed by atoms with van der Waals surface area (Å²) in [4.78, 5) is 18.3. The largest absolute Gasteiger partial charge is 0.396 e. The standard InChI is InChI=1S/C12H18N2O2S/c1-9(5-7-15)17-10-4-6-13-11(8-10)12(16)14(2)3/h4,6,8-9,15H,5,7H2,1-3H3. The predicted molar refractivity (Wildman–Crippen MR) is 69.3 cm³/mol. The van der Waals surface area contributed by atoms with Crippen molar-refractivity contribution in [3.8, 4) is 0 Å². The molecule has 0 aliphatic carbocycles. The molecule has 0 aliphatic rings. The van der Waals surface area contributed by atoms with Gasteiger partial charge in [0.2, 0.25) is 0 Å². The highest BCUT2D eigenvalue weighted by Crippen LogP contribution is 2.25. The number of rotatable bonds is 5. The minimum Gasteiger partial charge on any atom is -0.396 e. The number of aromatic nitrogens is 1. The number of carbonyl (C=O) groups is 1. The molecule has 94 valence electrons. The fraction of sp³-hybridized carbons (Fsp3) is 0.500. The molecular formula is C12H18N2O2S. The third kappa shape index (κ3) is 4.36. The zero-order valence-corrected chi connectivity index (χ0v) is 11.2. The van der Waals surface area contributed by atoms with Crippen LogP contribution in [0.1, 0.15) is 23.8 Å². The molecule has 1 rings (SSSR count). The van der Waals surface area contributed by atoms with Crippen molar-refractivity contribution in [2.45, 2.75) is 23.5 Å². The summed E-state index contributed by atoms with van der Waals surface area (Å²) >= 11 is 1.64. The summed E-state index contributed by atoms with van der Waals surface area (Å²) in [5.74, 6) is -0.0951. The Morgan fingerprint density at radius 1 is 1.59 bits per heavy atom. The van der Waals surface area contributed by atoms with Crippen LogP contribution >= 0.6 is 11.8 Å². The second-order valence-electron chi connectivity index (χ2n) is 4.02. The number of nitrogens with zero attached hydrogens (tertiary/aromatic N) is 2. The van der Waals surface area contributed by atoms with Crippen molar-refractivity contribution in [1.82, 2.24) is 9.88 Å². The molecule has 0 spiro atoms. The van der Waals surface area contributed by atoms with Crippen LogP contribution in [0.3, 0.4) is 0 Å². The van der Waals surface area contributed by atoms with Gasteiger partial charge in [0.1, 0.15) is 5.69 Å². The molecule has 1 heterocycles. The topological polar surface area (TPSA) is 53.4 Å². The van der Waals surface area contributed by atoms with Gasteiger partial charge in [-0.3, -0.25) is 9.78 Å². The first-order chi connectivity index (χ1) is 8.04. The first-order valence-electron chi connectivity index (χ1n) is 5.49. The minimum atomic E-state index is -0.0951. The van der Waals surface area contributed by atoms with Crippen LogP contribution in [0.15, 0.2) is 23.2 Å². The minimum absolute atomic E-state index is 0.0951. The van der Waals surface area contributed by atoms with Crippen molar-refractivity contribution in [2.24, 2.45) is 0 Å². The number of thioether (sulfide) groups is 1. The van der Waals surface area contributed by atoms with Gasteiger partial charge in [0.15, 0.2) is 0 Å². The van der Waals surface area contributed by atoms with Crippen LogP contribution in [0.25, 0.3) is 0 Å². The fourth-order valence-electron chi connectivity index (χ4n) is 1.30. The molecule has 0 aliphatic heterocycles. The molecule has 1 aromatic rings. The van der Waals surface area contributed by atoms with Crippen LogP contribution in [0.5, 0.6) is 0 Å². The fourth-order valence-corrected chi connectivity index (χ4v) is 2.31. The highest BCUT2D eigenvalue weighted by molar-refractivity contribution is 7.99. The maximum absolute atomic E-state index is 11.7.